The molecule has 1 aliphatic heterocycles. The van der Waals surface area contributed by atoms with Crippen molar-refractivity contribution < 1.29 is 23.9 Å². The fourth-order valence-corrected chi connectivity index (χ4v) is 2.61. The highest BCUT2D eigenvalue weighted by Crippen LogP contribution is 2.20. The first kappa shape index (κ1) is 20.4. The van der Waals surface area contributed by atoms with Crippen molar-refractivity contribution in [3.63, 3.8) is 0 Å². The standard InChI is InChI=1S/C19H25N3O5/c1-19(2,3)27-18(25)22(14-9-10-16(23)21-15(20)11-14)17(24)26-12-13-7-5-4-6-8-13/h4-8,14H,9-12H2,1-3H3,(H2,20,21,23). The van der Waals surface area contributed by atoms with Crippen LogP contribution in [0.2, 0.25) is 0 Å². The van der Waals surface area contributed by atoms with Crippen LogP contribution >= 0.6 is 0 Å². The lowest BCUT2D eigenvalue weighted by Gasteiger charge is -2.30. The Kier molecular flexibility index (Phi) is 6.55. The predicted octanol–water partition coefficient (Wildman–Crippen LogP) is 3.21. The third-order valence-electron chi connectivity index (χ3n) is 3.79. The largest absolute Gasteiger partial charge is 0.444 e. The molecule has 2 rings (SSSR count). The number of carbonyl (C=O) groups is 3. The predicted molar refractivity (Wildman–Crippen MR) is 98.2 cm³/mol. The lowest BCUT2D eigenvalue weighted by atomic mass is 10.1. The Labute approximate surface area is 158 Å². The molecule has 0 spiro atoms. The highest BCUT2D eigenvalue weighted by molar-refractivity contribution is 5.98. The molecule has 0 aromatic heterocycles. The van der Waals surface area contributed by atoms with Crippen LogP contribution in [-0.4, -0.2) is 40.5 Å². The number of carbonyl (C=O) groups excluding carboxylic acids is 3. The lowest BCUT2D eigenvalue weighted by molar-refractivity contribution is -0.119. The molecule has 0 saturated carbocycles. The summed E-state index contributed by atoms with van der Waals surface area (Å²) < 4.78 is 10.6. The second kappa shape index (κ2) is 8.66. The minimum Gasteiger partial charge on any atom is -0.444 e. The van der Waals surface area contributed by atoms with E-state index in [2.05, 4.69) is 5.32 Å². The van der Waals surface area contributed by atoms with Gasteiger partial charge in [0.2, 0.25) is 5.91 Å². The average Bonchev–Trinajstić information content (AvgIpc) is 2.73. The summed E-state index contributed by atoms with van der Waals surface area (Å²) in [6.45, 7) is 5.08. The molecule has 1 aromatic carbocycles. The Balaban J connectivity index is 2.17. The van der Waals surface area contributed by atoms with Crippen molar-refractivity contribution in [2.24, 2.45) is 0 Å². The molecule has 1 unspecified atom stereocenters. The molecule has 1 heterocycles. The van der Waals surface area contributed by atoms with Gasteiger partial charge >= 0.3 is 12.2 Å². The van der Waals surface area contributed by atoms with Crippen molar-refractivity contribution in [3.8, 4) is 0 Å². The summed E-state index contributed by atoms with van der Waals surface area (Å²) in [5, 5.41) is 10.2. The van der Waals surface area contributed by atoms with Gasteiger partial charge in [-0.1, -0.05) is 30.3 Å². The zero-order valence-corrected chi connectivity index (χ0v) is 15.8. The Morgan fingerprint density at radius 2 is 1.89 bits per heavy atom. The molecule has 1 fully saturated rings. The number of hydrogen-bond acceptors (Lipinski definition) is 6. The summed E-state index contributed by atoms with van der Waals surface area (Å²) in [4.78, 5) is 37.8. The molecule has 2 N–H and O–H groups in total. The van der Waals surface area contributed by atoms with Crippen molar-refractivity contribution in [1.29, 1.82) is 5.41 Å². The molecule has 1 aromatic rings. The number of benzene rings is 1. The molecule has 3 amide bonds. The van der Waals surface area contributed by atoms with Gasteiger partial charge in [-0.25, -0.2) is 14.5 Å². The maximum absolute atomic E-state index is 12.7. The van der Waals surface area contributed by atoms with Crippen molar-refractivity contribution >= 4 is 23.9 Å². The smallest absolute Gasteiger partial charge is 0.420 e. The third kappa shape index (κ3) is 6.40. The van der Waals surface area contributed by atoms with E-state index >= 15 is 0 Å². The van der Waals surface area contributed by atoms with Gasteiger partial charge in [-0.2, -0.15) is 0 Å². The summed E-state index contributed by atoms with van der Waals surface area (Å²) >= 11 is 0. The van der Waals surface area contributed by atoms with E-state index in [4.69, 9.17) is 14.9 Å². The second-order valence-corrected chi connectivity index (χ2v) is 7.31. The molecule has 1 aliphatic rings. The van der Waals surface area contributed by atoms with Gasteiger partial charge in [-0.3, -0.25) is 10.2 Å². The Bertz CT molecular complexity index is 712. The van der Waals surface area contributed by atoms with Gasteiger partial charge in [0.15, 0.2) is 0 Å². The van der Waals surface area contributed by atoms with E-state index < -0.39 is 23.8 Å². The molecule has 1 saturated heterocycles. The first-order valence-electron chi connectivity index (χ1n) is 8.76. The van der Waals surface area contributed by atoms with Gasteiger partial charge < -0.3 is 14.8 Å². The maximum atomic E-state index is 12.7. The first-order chi connectivity index (χ1) is 12.7. The summed E-state index contributed by atoms with van der Waals surface area (Å²) in [6, 6.07) is 8.38. The van der Waals surface area contributed by atoms with Crippen molar-refractivity contribution in [3.05, 3.63) is 35.9 Å². The molecule has 0 radical (unpaired) electrons. The van der Waals surface area contributed by atoms with Crippen LogP contribution in [0.25, 0.3) is 0 Å². The fourth-order valence-electron chi connectivity index (χ4n) is 2.61. The molecule has 0 aliphatic carbocycles. The van der Waals surface area contributed by atoms with Crippen LogP contribution in [0.15, 0.2) is 30.3 Å². The summed E-state index contributed by atoms with van der Waals surface area (Å²) in [5.41, 5.74) is -0.0260. The zero-order chi connectivity index (χ0) is 20.0. The molecule has 146 valence electrons. The quantitative estimate of drug-likeness (QED) is 0.843. The van der Waals surface area contributed by atoms with E-state index in [1.807, 2.05) is 18.2 Å². The topological polar surface area (TPSA) is 109 Å². The van der Waals surface area contributed by atoms with Crippen molar-refractivity contribution in [2.45, 2.75) is 58.3 Å². The van der Waals surface area contributed by atoms with Crippen LogP contribution in [0.4, 0.5) is 9.59 Å². The van der Waals surface area contributed by atoms with Gasteiger partial charge in [0, 0.05) is 12.8 Å². The van der Waals surface area contributed by atoms with E-state index in [1.165, 1.54) is 0 Å². The summed E-state index contributed by atoms with van der Waals surface area (Å²) in [5.74, 6) is -0.365. The molecule has 1 atom stereocenters. The number of amidine groups is 1. The van der Waals surface area contributed by atoms with E-state index in [9.17, 15) is 14.4 Å². The van der Waals surface area contributed by atoms with E-state index in [0.717, 1.165) is 10.5 Å². The van der Waals surface area contributed by atoms with Gasteiger partial charge in [0.05, 0.1) is 6.04 Å². The number of hydrogen-bond donors (Lipinski definition) is 2. The normalized spacial score (nSPS) is 17.5. The SMILES string of the molecule is CC(C)(C)OC(=O)N(C(=O)OCc1ccccc1)C1CCC(=O)NC(=N)C1. The minimum atomic E-state index is -0.861. The number of nitrogens with one attached hydrogen (secondary N) is 2. The number of amides is 3. The highest BCUT2D eigenvalue weighted by atomic mass is 16.6. The molecule has 8 nitrogen and oxygen atoms in total. The van der Waals surface area contributed by atoms with Gasteiger partial charge in [0.1, 0.15) is 18.0 Å². The Morgan fingerprint density at radius 3 is 2.52 bits per heavy atom. The van der Waals surface area contributed by atoms with Crippen LogP contribution in [-0.2, 0) is 20.9 Å². The van der Waals surface area contributed by atoms with Gasteiger partial charge in [0.25, 0.3) is 0 Å². The third-order valence-corrected chi connectivity index (χ3v) is 3.79. The van der Waals surface area contributed by atoms with Gasteiger partial charge in [-0.15, -0.1) is 0 Å². The number of rotatable bonds is 3. The van der Waals surface area contributed by atoms with Crippen LogP contribution in [0, 0.1) is 5.41 Å². The monoisotopic (exact) mass is 375 g/mol. The highest BCUT2D eigenvalue weighted by Gasteiger charge is 2.37. The number of nitrogens with zero attached hydrogens (tertiary/aromatic N) is 1. The molecule has 27 heavy (non-hydrogen) atoms. The van der Waals surface area contributed by atoms with Crippen LogP contribution in [0.5, 0.6) is 0 Å². The van der Waals surface area contributed by atoms with E-state index in [0.29, 0.717) is 0 Å². The van der Waals surface area contributed by atoms with Crippen LogP contribution in [0.3, 0.4) is 0 Å². The summed E-state index contributed by atoms with van der Waals surface area (Å²) in [6.07, 6.45) is -1.36. The fraction of sp³-hybridized carbons (Fsp3) is 0.474. The Morgan fingerprint density at radius 1 is 1.22 bits per heavy atom. The minimum absolute atomic E-state index is 0.000316. The molecule has 0 bridgehead atoms. The number of ether oxygens (including phenoxy) is 2. The first-order valence-corrected chi connectivity index (χ1v) is 8.76. The maximum Gasteiger partial charge on any atom is 0.420 e. The zero-order valence-electron chi connectivity index (χ0n) is 15.8. The van der Waals surface area contributed by atoms with Gasteiger partial charge in [-0.05, 0) is 32.8 Å². The van der Waals surface area contributed by atoms with Crippen LogP contribution in [0.1, 0.15) is 45.6 Å². The van der Waals surface area contributed by atoms with Crippen molar-refractivity contribution in [2.75, 3.05) is 0 Å². The van der Waals surface area contributed by atoms with E-state index in [-0.39, 0.29) is 37.6 Å². The molecule has 8 heteroatoms. The average molecular weight is 375 g/mol. The Hall–Kier alpha value is -2.90. The second-order valence-electron chi connectivity index (χ2n) is 7.31. The summed E-state index contributed by atoms with van der Waals surface area (Å²) in [7, 11) is 0. The molecular weight excluding hydrogens is 350 g/mol. The molecular formula is C19H25N3O5. The van der Waals surface area contributed by atoms with E-state index in [1.54, 1.807) is 32.9 Å². The van der Waals surface area contributed by atoms with Crippen LogP contribution < -0.4 is 5.32 Å². The van der Waals surface area contributed by atoms with Crippen molar-refractivity contribution in [1.82, 2.24) is 10.2 Å². The number of imide groups is 1. The lowest BCUT2D eigenvalue weighted by Crippen LogP contribution is -2.48.